The van der Waals surface area contributed by atoms with Gasteiger partial charge in [0.15, 0.2) is 6.10 Å². The Morgan fingerprint density at radius 2 is 1.76 bits per heavy atom. The van der Waals surface area contributed by atoms with Crippen molar-refractivity contribution < 1.29 is 23.9 Å². The van der Waals surface area contributed by atoms with Crippen LogP contribution in [0.4, 0.5) is 4.79 Å². The Hall–Kier alpha value is -2.94. The van der Waals surface area contributed by atoms with Crippen LogP contribution in [0.25, 0.3) is 0 Å². The first kappa shape index (κ1) is 19.4. The topological polar surface area (TPSA) is 99.3 Å². The Balaban J connectivity index is 1.50. The minimum absolute atomic E-state index is 0.169. The second-order valence-corrected chi connectivity index (χ2v) is 7.75. The van der Waals surface area contributed by atoms with Crippen molar-refractivity contribution in [2.45, 2.75) is 30.5 Å². The number of morpholine rings is 1. The molecule has 0 aromatic heterocycles. The van der Waals surface area contributed by atoms with Crippen LogP contribution in [0.15, 0.2) is 30.3 Å². The molecule has 9 heteroatoms. The molecule has 5 amide bonds. The maximum atomic E-state index is 13.2. The van der Waals surface area contributed by atoms with Crippen LogP contribution >= 0.6 is 0 Å². The van der Waals surface area contributed by atoms with Crippen LogP contribution < -0.4 is 5.32 Å². The fourth-order valence-electron chi connectivity index (χ4n) is 4.46. The quantitative estimate of drug-likeness (QED) is 0.712. The van der Waals surface area contributed by atoms with Crippen LogP contribution in [0, 0.1) is 0 Å². The van der Waals surface area contributed by atoms with Crippen molar-refractivity contribution in [3.05, 3.63) is 35.9 Å². The van der Waals surface area contributed by atoms with E-state index in [4.69, 9.17) is 4.74 Å². The van der Waals surface area contributed by atoms with Crippen molar-refractivity contribution in [3.63, 3.8) is 0 Å². The third kappa shape index (κ3) is 3.05. The molecule has 1 aromatic carbocycles. The summed E-state index contributed by atoms with van der Waals surface area (Å²) in [6.07, 6.45) is -0.0798. The predicted octanol–water partition coefficient (Wildman–Crippen LogP) is 0.128. The van der Waals surface area contributed by atoms with Crippen LogP contribution in [-0.4, -0.2) is 83.9 Å². The van der Waals surface area contributed by atoms with E-state index in [-0.39, 0.29) is 30.4 Å². The van der Waals surface area contributed by atoms with E-state index in [0.717, 1.165) is 10.5 Å². The monoisotopic (exact) mass is 400 g/mol. The molecule has 3 heterocycles. The minimum atomic E-state index is -0.886. The first-order valence-corrected chi connectivity index (χ1v) is 9.66. The van der Waals surface area contributed by atoms with Gasteiger partial charge in [-0.15, -0.1) is 0 Å². The summed E-state index contributed by atoms with van der Waals surface area (Å²) in [6.45, 7) is 0.509. The van der Waals surface area contributed by atoms with Crippen LogP contribution in [0.2, 0.25) is 0 Å². The zero-order chi connectivity index (χ0) is 20.8. The van der Waals surface area contributed by atoms with Gasteiger partial charge in [0.2, 0.25) is 5.91 Å². The number of carbonyl (C=O) groups is 4. The summed E-state index contributed by atoms with van der Waals surface area (Å²) in [5.74, 6) is -0.706. The number of piperidine rings is 1. The lowest BCUT2D eigenvalue weighted by molar-refractivity contribution is -0.158. The summed E-state index contributed by atoms with van der Waals surface area (Å²) < 4.78 is 5.62. The van der Waals surface area contributed by atoms with Gasteiger partial charge in [-0.1, -0.05) is 30.3 Å². The summed E-state index contributed by atoms with van der Waals surface area (Å²) in [5.41, 5.74) is -0.0893. The smallest absolute Gasteiger partial charge is 0.327 e. The fourth-order valence-corrected chi connectivity index (χ4v) is 4.46. The maximum Gasteiger partial charge on any atom is 0.327 e. The van der Waals surface area contributed by atoms with Crippen LogP contribution in [0.3, 0.4) is 0 Å². The van der Waals surface area contributed by atoms with Crippen molar-refractivity contribution in [1.82, 2.24) is 20.0 Å². The summed E-state index contributed by atoms with van der Waals surface area (Å²) in [7, 11) is 3.11. The zero-order valence-electron chi connectivity index (χ0n) is 16.5. The number of urea groups is 1. The number of rotatable bonds is 2. The number of hydrogen-bond acceptors (Lipinski definition) is 5. The number of nitrogens with zero attached hydrogens (tertiary/aromatic N) is 3. The van der Waals surface area contributed by atoms with Crippen molar-refractivity contribution in [2.75, 3.05) is 33.8 Å². The molecule has 4 rings (SSSR count). The summed E-state index contributed by atoms with van der Waals surface area (Å²) in [6, 6.07) is 8.36. The van der Waals surface area contributed by atoms with E-state index in [1.165, 1.54) is 11.9 Å². The van der Waals surface area contributed by atoms with Gasteiger partial charge in [0.25, 0.3) is 11.8 Å². The van der Waals surface area contributed by atoms with Gasteiger partial charge < -0.3 is 19.9 Å². The van der Waals surface area contributed by atoms with Gasteiger partial charge in [0.1, 0.15) is 12.1 Å². The molecule has 3 aliphatic rings. The number of amides is 5. The van der Waals surface area contributed by atoms with Crippen molar-refractivity contribution in [3.8, 4) is 0 Å². The number of imide groups is 1. The van der Waals surface area contributed by atoms with Crippen molar-refractivity contribution in [1.29, 1.82) is 0 Å². The van der Waals surface area contributed by atoms with Crippen LogP contribution in [0.1, 0.15) is 24.4 Å². The van der Waals surface area contributed by atoms with E-state index in [9.17, 15) is 19.2 Å². The molecule has 0 saturated carbocycles. The van der Waals surface area contributed by atoms with Gasteiger partial charge >= 0.3 is 6.03 Å². The molecule has 0 aliphatic carbocycles. The Labute approximate surface area is 168 Å². The number of hydrogen-bond donors (Lipinski definition) is 1. The Morgan fingerprint density at radius 3 is 2.34 bits per heavy atom. The molecule has 1 spiro atoms. The highest BCUT2D eigenvalue weighted by atomic mass is 16.5. The van der Waals surface area contributed by atoms with Crippen molar-refractivity contribution in [2.24, 2.45) is 0 Å². The van der Waals surface area contributed by atoms with Crippen LogP contribution in [-0.2, 0) is 19.1 Å². The van der Waals surface area contributed by atoms with E-state index < -0.39 is 17.7 Å². The number of likely N-dealkylation sites (tertiary alicyclic amines) is 1. The standard InChI is InChI=1S/C20H24N4O5/c1-22-18(27)20(23(2)19(22)28)8-10-24(11-9-20)17(26)16-15(21-14(25)12-29-16)13-6-4-3-5-7-13/h3-7,15-16H,8-12H2,1-2H3,(H,21,25)/t15-,16+/m1/s1. The van der Waals surface area contributed by atoms with Gasteiger partial charge in [-0.3, -0.25) is 19.3 Å². The highest BCUT2D eigenvalue weighted by Crippen LogP contribution is 2.36. The van der Waals surface area contributed by atoms with E-state index in [0.29, 0.717) is 25.9 Å². The molecule has 154 valence electrons. The third-order valence-corrected chi connectivity index (χ3v) is 6.24. The second-order valence-electron chi connectivity index (χ2n) is 7.75. The lowest BCUT2D eigenvalue weighted by Gasteiger charge is -2.42. The average Bonchev–Trinajstić information content (AvgIpc) is 2.90. The lowest BCUT2D eigenvalue weighted by Crippen LogP contribution is -2.59. The first-order valence-electron chi connectivity index (χ1n) is 9.66. The summed E-state index contributed by atoms with van der Waals surface area (Å²) >= 11 is 0. The summed E-state index contributed by atoms with van der Waals surface area (Å²) in [5, 5.41) is 2.85. The molecule has 3 fully saturated rings. The van der Waals surface area contributed by atoms with E-state index in [2.05, 4.69) is 5.32 Å². The molecule has 0 unspecified atom stereocenters. The molecule has 29 heavy (non-hydrogen) atoms. The molecule has 0 radical (unpaired) electrons. The highest BCUT2D eigenvalue weighted by molar-refractivity contribution is 6.06. The van der Waals surface area contributed by atoms with E-state index in [1.807, 2.05) is 30.3 Å². The molecule has 1 N–H and O–H groups in total. The van der Waals surface area contributed by atoms with Crippen LogP contribution in [0.5, 0.6) is 0 Å². The van der Waals surface area contributed by atoms with E-state index >= 15 is 0 Å². The normalized spacial score (nSPS) is 26.8. The number of ether oxygens (including phenoxy) is 1. The molecule has 0 bridgehead atoms. The predicted molar refractivity (Wildman–Crippen MR) is 102 cm³/mol. The number of benzene rings is 1. The number of nitrogens with one attached hydrogen (secondary N) is 1. The Morgan fingerprint density at radius 1 is 1.10 bits per heavy atom. The SMILES string of the molecule is CN1C(=O)N(C)C2(CCN(C(=O)[C@H]3OCC(=O)N[C@@H]3c3ccccc3)CC2)C1=O. The van der Waals surface area contributed by atoms with Gasteiger partial charge in [-0.25, -0.2) is 4.79 Å². The molecular weight excluding hydrogens is 376 g/mol. The molecule has 3 aliphatic heterocycles. The largest absolute Gasteiger partial charge is 0.356 e. The van der Waals surface area contributed by atoms with Gasteiger partial charge in [0.05, 0.1) is 6.04 Å². The minimum Gasteiger partial charge on any atom is -0.356 e. The van der Waals surface area contributed by atoms with Gasteiger partial charge in [-0.2, -0.15) is 0 Å². The molecule has 9 nitrogen and oxygen atoms in total. The number of likely N-dealkylation sites (N-methyl/N-ethyl adjacent to an activating group) is 2. The third-order valence-electron chi connectivity index (χ3n) is 6.24. The molecular formula is C20H24N4O5. The molecule has 2 atom stereocenters. The van der Waals surface area contributed by atoms with Gasteiger partial charge in [-0.05, 0) is 18.4 Å². The number of carbonyl (C=O) groups excluding carboxylic acids is 4. The maximum absolute atomic E-state index is 13.2. The lowest BCUT2D eigenvalue weighted by atomic mass is 9.85. The highest BCUT2D eigenvalue weighted by Gasteiger charge is 2.56. The molecule has 3 saturated heterocycles. The average molecular weight is 400 g/mol. The zero-order valence-corrected chi connectivity index (χ0v) is 16.5. The van der Waals surface area contributed by atoms with Crippen molar-refractivity contribution >= 4 is 23.8 Å². The summed E-state index contributed by atoms with van der Waals surface area (Å²) in [4.78, 5) is 54.2. The second kappa shape index (κ2) is 7.14. The van der Waals surface area contributed by atoms with E-state index in [1.54, 1.807) is 11.9 Å². The van der Waals surface area contributed by atoms with Gasteiger partial charge in [0, 0.05) is 27.2 Å². The fraction of sp³-hybridized carbons (Fsp3) is 0.500. The Bertz CT molecular complexity index is 850. The Kier molecular flexibility index (Phi) is 4.77. The first-order chi connectivity index (χ1) is 13.8. The molecule has 1 aromatic rings.